The van der Waals surface area contributed by atoms with Gasteiger partial charge in [-0.3, -0.25) is 9.59 Å². The van der Waals surface area contributed by atoms with Crippen LogP contribution >= 0.6 is 0 Å². The Kier molecular flexibility index (Phi) is 7.80. The summed E-state index contributed by atoms with van der Waals surface area (Å²) in [5, 5.41) is 12.1. The lowest BCUT2D eigenvalue weighted by molar-refractivity contribution is -0.120. The van der Waals surface area contributed by atoms with Gasteiger partial charge in [-0.2, -0.15) is 5.26 Å². The Hall–Kier alpha value is -3.79. The van der Waals surface area contributed by atoms with Crippen LogP contribution < -0.4 is 20.5 Å². The van der Waals surface area contributed by atoms with Gasteiger partial charge in [0.25, 0.3) is 11.8 Å². The number of nitriles is 1. The van der Waals surface area contributed by atoms with Crippen LogP contribution in [-0.2, 0) is 16.1 Å². The molecule has 2 amide bonds. The first-order chi connectivity index (χ1) is 13.9. The second-order valence-corrected chi connectivity index (χ2v) is 6.23. The molecule has 7 nitrogen and oxygen atoms in total. The smallest absolute Gasteiger partial charge is 0.262 e. The number of hydrogen-bond acceptors (Lipinski definition) is 5. The molecule has 3 N–H and O–H groups in total. The van der Waals surface area contributed by atoms with Crippen LogP contribution in [0.15, 0.2) is 48.0 Å². The second-order valence-electron chi connectivity index (χ2n) is 6.23. The standard InChI is InChI=1S/C22H23N3O4/c1-3-28-20-11-17(8-9-19(20)29-14-21(24)26)10-18(12-23)22(27)25-13-16-6-4-15(2)5-7-16/h4-11H,3,13-14H2,1-2H3,(H2,24,26)(H,25,27). The summed E-state index contributed by atoms with van der Waals surface area (Å²) >= 11 is 0. The summed E-state index contributed by atoms with van der Waals surface area (Å²) in [4.78, 5) is 23.3. The van der Waals surface area contributed by atoms with E-state index in [1.165, 1.54) is 6.08 Å². The summed E-state index contributed by atoms with van der Waals surface area (Å²) in [6.45, 7) is 4.21. The Balaban J connectivity index is 2.14. The molecule has 0 atom stereocenters. The number of carbonyl (C=O) groups is 2. The van der Waals surface area contributed by atoms with E-state index in [-0.39, 0.29) is 12.2 Å². The molecule has 0 aliphatic carbocycles. The average molecular weight is 393 g/mol. The lowest BCUT2D eigenvalue weighted by atomic mass is 10.1. The van der Waals surface area contributed by atoms with Gasteiger partial charge in [-0.05, 0) is 43.2 Å². The number of primary amides is 1. The maximum absolute atomic E-state index is 12.4. The molecular weight excluding hydrogens is 370 g/mol. The highest BCUT2D eigenvalue weighted by Gasteiger charge is 2.11. The molecule has 0 unspecified atom stereocenters. The van der Waals surface area contributed by atoms with E-state index < -0.39 is 11.8 Å². The van der Waals surface area contributed by atoms with Crippen LogP contribution in [-0.4, -0.2) is 25.0 Å². The Morgan fingerprint density at radius 3 is 2.48 bits per heavy atom. The molecule has 0 aliphatic heterocycles. The zero-order valence-corrected chi connectivity index (χ0v) is 16.4. The summed E-state index contributed by atoms with van der Waals surface area (Å²) in [5.41, 5.74) is 7.71. The second kappa shape index (κ2) is 10.5. The SMILES string of the molecule is CCOc1cc(C=C(C#N)C(=O)NCc2ccc(C)cc2)ccc1OCC(N)=O. The summed E-state index contributed by atoms with van der Waals surface area (Å²) in [7, 11) is 0. The molecule has 2 rings (SSSR count). The molecule has 0 aliphatic rings. The minimum atomic E-state index is -0.603. The summed E-state index contributed by atoms with van der Waals surface area (Å²) < 4.78 is 10.8. The van der Waals surface area contributed by atoms with Gasteiger partial charge in [0.2, 0.25) is 0 Å². The van der Waals surface area contributed by atoms with E-state index in [1.807, 2.05) is 37.3 Å². The van der Waals surface area contributed by atoms with Crippen molar-refractivity contribution >= 4 is 17.9 Å². The van der Waals surface area contributed by atoms with E-state index in [2.05, 4.69) is 5.32 Å². The number of nitrogens with two attached hydrogens (primary N) is 1. The molecule has 0 saturated carbocycles. The monoisotopic (exact) mass is 393 g/mol. The first-order valence-electron chi connectivity index (χ1n) is 9.06. The Morgan fingerprint density at radius 1 is 1.14 bits per heavy atom. The molecule has 29 heavy (non-hydrogen) atoms. The van der Waals surface area contributed by atoms with E-state index in [0.29, 0.717) is 30.2 Å². The minimum absolute atomic E-state index is 0.0367. The zero-order chi connectivity index (χ0) is 21.2. The molecule has 150 valence electrons. The van der Waals surface area contributed by atoms with Crippen LogP contribution in [0, 0.1) is 18.3 Å². The molecule has 0 heterocycles. The van der Waals surface area contributed by atoms with Crippen LogP contribution in [0.2, 0.25) is 0 Å². The number of ether oxygens (including phenoxy) is 2. The molecule has 0 saturated heterocycles. The molecule has 2 aromatic rings. The van der Waals surface area contributed by atoms with Crippen molar-refractivity contribution in [3.63, 3.8) is 0 Å². The van der Waals surface area contributed by atoms with Gasteiger partial charge in [0.1, 0.15) is 11.6 Å². The van der Waals surface area contributed by atoms with Crippen molar-refractivity contribution in [1.29, 1.82) is 5.26 Å². The summed E-state index contributed by atoms with van der Waals surface area (Å²) in [6, 6.07) is 14.6. The fourth-order valence-electron chi connectivity index (χ4n) is 2.45. The fraction of sp³-hybridized carbons (Fsp3) is 0.227. The highest BCUT2D eigenvalue weighted by atomic mass is 16.5. The lowest BCUT2D eigenvalue weighted by Gasteiger charge is -2.11. The summed E-state index contributed by atoms with van der Waals surface area (Å²) in [6.07, 6.45) is 1.46. The number of hydrogen-bond donors (Lipinski definition) is 2. The van der Waals surface area contributed by atoms with Gasteiger partial charge in [0.05, 0.1) is 6.61 Å². The first-order valence-corrected chi connectivity index (χ1v) is 9.06. The number of rotatable bonds is 9. The highest BCUT2D eigenvalue weighted by molar-refractivity contribution is 6.01. The van der Waals surface area contributed by atoms with Crippen LogP contribution in [0.5, 0.6) is 11.5 Å². The van der Waals surface area contributed by atoms with Crippen molar-refractivity contribution in [2.75, 3.05) is 13.2 Å². The molecule has 0 fully saturated rings. The number of benzene rings is 2. The van der Waals surface area contributed by atoms with E-state index in [1.54, 1.807) is 25.1 Å². The predicted molar refractivity (Wildman–Crippen MR) is 109 cm³/mol. The predicted octanol–water partition coefficient (Wildman–Crippen LogP) is 2.48. The quantitative estimate of drug-likeness (QED) is 0.502. The van der Waals surface area contributed by atoms with Gasteiger partial charge in [0, 0.05) is 6.54 Å². The lowest BCUT2D eigenvalue weighted by Crippen LogP contribution is -2.23. The largest absolute Gasteiger partial charge is 0.490 e. The number of nitrogens with zero attached hydrogens (tertiary/aromatic N) is 1. The van der Waals surface area contributed by atoms with Crippen molar-refractivity contribution in [3.05, 3.63) is 64.7 Å². The van der Waals surface area contributed by atoms with Gasteiger partial charge in [0.15, 0.2) is 18.1 Å². The maximum atomic E-state index is 12.4. The van der Waals surface area contributed by atoms with E-state index in [0.717, 1.165) is 11.1 Å². The Labute approximate surface area is 169 Å². The average Bonchev–Trinajstić information content (AvgIpc) is 2.70. The Morgan fingerprint density at radius 2 is 1.86 bits per heavy atom. The van der Waals surface area contributed by atoms with Gasteiger partial charge in [-0.15, -0.1) is 0 Å². The molecule has 0 radical (unpaired) electrons. The maximum Gasteiger partial charge on any atom is 0.262 e. The molecule has 0 aromatic heterocycles. The minimum Gasteiger partial charge on any atom is -0.490 e. The van der Waals surface area contributed by atoms with Crippen molar-refractivity contribution in [1.82, 2.24) is 5.32 Å². The van der Waals surface area contributed by atoms with Crippen molar-refractivity contribution < 1.29 is 19.1 Å². The van der Waals surface area contributed by atoms with E-state index >= 15 is 0 Å². The van der Waals surface area contributed by atoms with Crippen molar-refractivity contribution in [2.24, 2.45) is 5.73 Å². The van der Waals surface area contributed by atoms with Gasteiger partial charge < -0.3 is 20.5 Å². The topological polar surface area (TPSA) is 114 Å². The first kappa shape index (κ1) is 21.5. The zero-order valence-electron chi connectivity index (χ0n) is 16.4. The molecule has 0 spiro atoms. The normalized spacial score (nSPS) is 10.7. The van der Waals surface area contributed by atoms with Gasteiger partial charge in [-0.1, -0.05) is 35.9 Å². The Bertz CT molecular complexity index is 944. The van der Waals surface area contributed by atoms with Crippen molar-refractivity contribution in [3.8, 4) is 17.6 Å². The van der Waals surface area contributed by atoms with Crippen LogP contribution in [0.1, 0.15) is 23.6 Å². The van der Waals surface area contributed by atoms with Crippen molar-refractivity contribution in [2.45, 2.75) is 20.4 Å². The molecule has 0 bridgehead atoms. The number of carbonyl (C=O) groups excluding carboxylic acids is 2. The number of aryl methyl sites for hydroxylation is 1. The third-order valence-corrected chi connectivity index (χ3v) is 3.89. The molecule has 2 aromatic carbocycles. The van der Waals surface area contributed by atoms with E-state index in [9.17, 15) is 14.9 Å². The molecular formula is C22H23N3O4. The van der Waals surface area contributed by atoms with Crippen LogP contribution in [0.3, 0.4) is 0 Å². The summed E-state index contributed by atoms with van der Waals surface area (Å²) in [5.74, 6) is -0.335. The van der Waals surface area contributed by atoms with E-state index in [4.69, 9.17) is 15.2 Å². The van der Waals surface area contributed by atoms with Gasteiger partial charge in [-0.25, -0.2) is 0 Å². The third kappa shape index (κ3) is 6.70. The van der Waals surface area contributed by atoms with Gasteiger partial charge >= 0.3 is 0 Å². The number of amides is 2. The molecule has 7 heteroatoms. The van der Waals surface area contributed by atoms with Crippen LogP contribution in [0.25, 0.3) is 6.08 Å². The third-order valence-electron chi connectivity index (χ3n) is 3.89. The van der Waals surface area contributed by atoms with Crippen LogP contribution in [0.4, 0.5) is 0 Å². The number of nitrogens with one attached hydrogen (secondary N) is 1. The highest BCUT2D eigenvalue weighted by Crippen LogP contribution is 2.29. The fourth-order valence-corrected chi connectivity index (χ4v) is 2.45.